The van der Waals surface area contributed by atoms with Crippen LogP contribution in [0.25, 0.3) is 32.9 Å². The quantitative estimate of drug-likeness (QED) is 0.193. The summed E-state index contributed by atoms with van der Waals surface area (Å²) in [5.74, 6) is 0.697. The summed E-state index contributed by atoms with van der Waals surface area (Å²) >= 11 is 0. The van der Waals surface area contributed by atoms with Crippen LogP contribution in [0.3, 0.4) is 0 Å². The number of benzene rings is 5. The van der Waals surface area contributed by atoms with Gasteiger partial charge in [0.15, 0.2) is 5.78 Å². The first-order valence-electron chi connectivity index (χ1n) is 14.8. The average Bonchev–Trinajstić information content (AvgIpc) is 3.47. The minimum absolute atomic E-state index is 0.117. The number of hydrogen-bond acceptors (Lipinski definition) is 4. The summed E-state index contributed by atoms with van der Waals surface area (Å²) in [7, 11) is -2.45. The third-order valence-electron chi connectivity index (χ3n) is 9.09. The number of aryl methyl sites for hydroxylation is 2. The number of fused-ring (bicyclic) bond motifs is 3. The maximum atomic E-state index is 14.8. The Morgan fingerprint density at radius 2 is 1.50 bits per heavy atom. The van der Waals surface area contributed by atoms with Gasteiger partial charge in [-0.25, -0.2) is 12.4 Å². The molecule has 7 rings (SSSR count). The van der Waals surface area contributed by atoms with E-state index in [-0.39, 0.29) is 10.7 Å². The van der Waals surface area contributed by atoms with Gasteiger partial charge in [0.1, 0.15) is 5.75 Å². The number of nitrogens with zero attached hydrogens (tertiary/aromatic N) is 1. The van der Waals surface area contributed by atoms with E-state index in [2.05, 4.69) is 19.1 Å². The lowest BCUT2D eigenvalue weighted by atomic mass is 9.77. The molecule has 5 nitrogen and oxygen atoms in total. The van der Waals surface area contributed by atoms with Crippen molar-refractivity contribution < 1.29 is 17.9 Å². The molecule has 44 heavy (non-hydrogen) atoms. The van der Waals surface area contributed by atoms with Crippen LogP contribution in [0.2, 0.25) is 0 Å². The van der Waals surface area contributed by atoms with E-state index in [9.17, 15) is 13.2 Å². The molecule has 0 unspecified atom stereocenters. The maximum absolute atomic E-state index is 14.8. The fraction of sp³-hybridized carbons (Fsp3) is 0.184. The highest BCUT2D eigenvalue weighted by molar-refractivity contribution is 7.90. The van der Waals surface area contributed by atoms with Crippen molar-refractivity contribution in [2.24, 2.45) is 0 Å². The van der Waals surface area contributed by atoms with E-state index < -0.39 is 15.4 Å². The summed E-state index contributed by atoms with van der Waals surface area (Å²) in [4.78, 5) is 13.6. The second kappa shape index (κ2) is 10.2. The number of para-hydroxylation sites is 1. The summed E-state index contributed by atoms with van der Waals surface area (Å²) in [6.07, 6.45) is 0.815. The van der Waals surface area contributed by atoms with Crippen LogP contribution in [0, 0.1) is 13.8 Å². The predicted octanol–water partition coefficient (Wildman–Crippen LogP) is 8.41. The standard InChI is InChI=1S/C38H33NO4S/c1-24-13-17-27(18-14-24)44(41,42)39-33-12-8-7-11-29(33)31(22-38(3)23-34(40)30-21-25(2)15-19-32(30)38)37(39)36-28-10-6-5-9-26(28)16-20-35(36)43-4/h5-21H,22-23H2,1-4H3/t38-/m0/s1. The van der Waals surface area contributed by atoms with Crippen molar-refractivity contribution in [2.45, 2.75) is 43.9 Å². The lowest BCUT2D eigenvalue weighted by Crippen LogP contribution is -2.23. The third kappa shape index (κ3) is 4.27. The number of Topliss-reactive ketones (excluding diaryl/α,β-unsaturated/α-hetero) is 1. The van der Waals surface area contributed by atoms with Gasteiger partial charge in [0.25, 0.3) is 10.0 Å². The first-order chi connectivity index (χ1) is 21.1. The van der Waals surface area contributed by atoms with Gasteiger partial charge in [0.05, 0.1) is 23.2 Å². The molecular weight excluding hydrogens is 566 g/mol. The fourth-order valence-electron chi connectivity index (χ4n) is 6.95. The normalized spacial score (nSPS) is 16.5. The number of methoxy groups -OCH3 is 1. The molecule has 6 aromatic rings. The van der Waals surface area contributed by atoms with Crippen LogP contribution in [0.4, 0.5) is 0 Å². The second-order valence-corrected chi connectivity index (χ2v) is 14.0. The summed E-state index contributed by atoms with van der Waals surface area (Å²) in [6.45, 7) is 6.06. The van der Waals surface area contributed by atoms with Gasteiger partial charge in [-0.15, -0.1) is 0 Å². The average molecular weight is 600 g/mol. The maximum Gasteiger partial charge on any atom is 0.268 e. The molecule has 0 spiro atoms. The van der Waals surface area contributed by atoms with E-state index >= 15 is 0 Å². The van der Waals surface area contributed by atoms with Gasteiger partial charge in [-0.1, -0.05) is 90.8 Å². The van der Waals surface area contributed by atoms with E-state index in [1.54, 1.807) is 19.2 Å². The van der Waals surface area contributed by atoms with Gasteiger partial charge >= 0.3 is 0 Å². The minimum atomic E-state index is -4.07. The Hall–Kier alpha value is -4.68. The molecular formula is C38H33NO4S. The van der Waals surface area contributed by atoms with Crippen molar-refractivity contribution in [3.8, 4) is 17.0 Å². The van der Waals surface area contributed by atoms with Gasteiger partial charge in [0.2, 0.25) is 0 Å². The Kier molecular flexibility index (Phi) is 6.52. The van der Waals surface area contributed by atoms with Crippen LogP contribution in [0.1, 0.15) is 46.0 Å². The minimum Gasteiger partial charge on any atom is -0.496 e. The molecule has 220 valence electrons. The zero-order chi connectivity index (χ0) is 30.8. The molecule has 0 fully saturated rings. The molecule has 5 aromatic carbocycles. The molecule has 0 radical (unpaired) electrons. The van der Waals surface area contributed by atoms with Crippen LogP contribution in [-0.4, -0.2) is 25.3 Å². The molecule has 1 aliphatic carbocycles. The number of carbonyl (C=O) groups is 1. The fourth-order valence-corrected chi connectivity index (χ4v) is 8.50. The van der Waals surface area contributed by atoms with Crippen molar-refractivity contribution in [1.29, 1.82) is 0 Å². The van der Waals surface area contributed by atoms with Crippen molar-refractivity contribution in [1.82, 2.24) is 3.97 Å². The van der Waals surface area contributed by atoms with E-state index in [0.29, 0.717) is 35.4 Å². The topological polar surface area (TPSA) is 65.4 Å². The Morgan fingerprint density at radius 1 is 0.818 bits per heavy atom. The number of ketones is 1. The van der Waals surface area contributed by atoms with Gasteiger partial charge < -0.3 is 4.74 Å². The summed E-state index contributed by atoms with van der Waals surface area (Å²) in [5, 5.41) is 2.70. The molecule has 6 heteroatoms. The third-order valence-corrected chi connectivity index (χ3v) is 10.8. The lowest BCUT2D eigenvalue weighted by molar-refractivity contribution is 0.0976. The van der Waals surface area contributed by atoms with Gasteiger partial charge in [-0.05, 0) is 72.5 Å². The van der Waals surface area contributed by atoms with E-state index in [1.165, 1.54) is 3.97 Å². The highest BCUT2D eigenvalue weighted by Gasteiger charge is 2.42. The number of aromatic nitrogens is 1. The zero-order valence-corrected chi connectivity index (χ0v) is 26.0. The van der Waals surface area contributed by atoms with Crippen molar-refractivity contribution >= 4 is 37.5 Å². The van der Waals surface area contributed by atoms with Crippen LogP contribution in [0.5, 0.6) is 5.75 Å². The number of ether oxygens (including phenoxy) is 1. The molecule has 0 amide bonds. The zero-order valence-electron chi connectivity index (χ0n) is 25.2. The number of hydrogen-bond donors (Lipinski definition) is 0. The molecule has 0 saturated carbocycles. The Morgan fingerprint density at radius 3 is 2.25 bits per heavy atom. The smallest absolute Gasteiger partial charge is 0.268 e. The lowest BCUT2D eigenvalue weighted by Gasteiger charge is -2.26. The largest absolute Gasteiger partial charge is 0.496 e. The predicted molar refractivity (Wildman–Crippen MR) is 176 cm³/mol. The van der Waals surface area contributed by atoms with E-state index in [0.717, 1.165) is 44.0 Å². The van der Waals surface area contributed by atoms with Gasteiger partial charge in [0, 0.05) is 28.3 Å². The summed E-state index contributed by atoms with van der Waals surface area (Å²) in [5.41, 5.74) is 5.98. The van der Waals surface area contributed by atoms with Crippen LogP contribution in [-0.2, 0) is 21.9 Å². The number of rotatable bonds is 6. The van der Waals surface area contributed by atoms with Crippen LogP contribution in [0.15, 0.2) is 108 Å². The molecule has 1 heterocycles. The summed E-state index contributed by atoms with van der Waals surface area (Å²) in [6, 6.07) is 32.6. The SMILES string of the molecule is COc1ccc2ccccc2c1-c1c(C[C@@]2(C)CC(=O)c3cc(C)ccc32)c2ccccc2n1S(=O)(=O)c1ccc(C)cc1. The van der Waals surface area contributed by atoms with Crippen molar-refractivity contribution in [2.75, 3.05) is 7.11 Å². The Balaban J connectivity index is 1.61. The second-order valence-electron chi connectivity index (χ2n) is 12.2. The molecule has 1 aliphatic rings. The van der Waals surface area contributed by atoms with Crippen LogP contribution < -0.4 is 4.74 Å². The first kappa shape index (κ1) is 28.1. The highest BCUT2D eigenvalue weighted by atomic mass is 32.2. The summed E-state index contributed by atoms with van der Waals surface area (Å²) < 4.78 is 37.0. The molecule has 0 saturated heterocycles. The molecule has 1 atom stereocenters. The highest BCUT2D eigenvalue weighted by Crippen LogP contribution is 2.49. The molecule has 0 bridgehead atoms. The van der Waals surface area contributed by atoms with Gasteiger partial charge in [-0.3, -0.25) is 4.79 Å². The molecule has 1 aromatic heterocycles. The van der Waals surface area contributed by atoms with Crippen molar-refractivity contribution in [3.63, 3.8) is 0 Å². The Labute approximate surface area is 257 Å². The first-order valence-corrected chi connectivity index (χ1v) is 16.2. The molecule has 0 N–H and O–H groups in total. The van der Waals surface area contributed by atoms with Crippen LogP contribution >= 0.6 is 0 Å². The van der Waals surface area contributed by atoms with E-state index in [4.69, 9.17) is 4.74 Å². The number of carbonyl (C=O) groups excluding carboxylic acids is 1. The Bertz CT molecular complexity index is 2230. The van der Waals surface area contributed by atoms with Crippen molar-refractivity contribution in [3.05, 3.63) is 131 Å². The monoisotopic (exact) mass is 599 g/mol. The van der Waals surface area contributed by atoms with Gasteiger partial charge in [-0.2, -0.15) is 0 Å². The van der Waals surface area contributed by atoms with E-state index in [1.807, 2.05) is 92.7 Å². The molecule has 0 aliphatic heterocycles.